The van der Waals surface area contributed by atoms with E-state index < -0.39 is 11.4 Å². The molecule has 0 fully saturated rings. The Kier molecular flexibility index (Phi) is 3.95. The topological polar surface area (TPSA) is 54.4 Å². The second-order valence-electron chi connectivity index (χ2n) is 5.46. The van der Waals surface area contributed by atoms with Crippen molar-refractivity contribution in [3.8, 4) is 0 Å². The number of aliphatic carboxylic acids is 1. The van der Waals surface area contributed by atoms with Gasteiger partial charge in [-0.15, -0.1) is 0 Å². The number of carboxylic acids is 1. The number of rotatable bonds is 4. The summed E-state index contributed by atoms with van der Waals surface area (Å²) in [4.78, 5) is 23.2. The molecule has 0 spiro atoms. The zero-order chi connectivity index (χ0) is 14.1. The second-order valence-corrected chi connectivity index (χ2v) is 5.46. The average molecular weight is 248 g/mol. The molecule has 1 aromatic carbocycles. The van der Waals surface area contributed by atoms with E-state index in [1.165, 1.54) is 0 Å². The molecule has 0 saturated carbocycles. The summed E-state index contributed by atoms with van der Waals surface area (Å²) in [5.41, 5.74) is 2.92. The van der Waals surface area contributed by atoms with Crippen LogP contribution in [0.5, 0.6) is 0 Å². The lowest BCUT2D eigenvalue weighted by Crippen LogP contribution is -2.28. The molecule has 0 saturated heterocycles. The highest BCUT2D eigenvalue weighted by Crippen LogP contribution is 2.29. The molecule has 0 amide bonds. The number of carbonyl (C=O) groups excluding carboxylic acids is 1. The second kappa shape index (κ2) is 4.92. The SMILES string of the molecule is Cc1ccc(C(=O)C(C)(C)CC(=O)O)c(C)c1C. The fraction of sp³-hybridized carbons (Fsp3) is 0.467. The number of carbonyl (C=O) groups is 2. The zero-order valence-electron chi connectivity index (χ0n) is 11.6. The molecule has 3 heteroatoms. The van der Waals surface area contributed by atoms with Gasteiger partial charge in [-0.2, -0.15) is 0 Å². The summed E-state index contributed by atoms with van der Waals surface area (Å²) in [6, 6.07) is 3.70. The first-order chi connectivity index (χ1) is 8.16. The van der Waals surface area contributed by atoms with E-state index in [-0.39, 0.29) is 12.2 Å². The molecule has 0 aliphatic heterocycles. The van der Waals surface area contributed by atoms with E-state index in [0.717, 1.165) is 16.7 Å². The normalized spacial score (nSPS) is 11.4. The Morgan fingerprint density at radius 1 is 1.11 bits per heavy atom. The van der Waals surface area contributed by atoms with E-state index in [0.29, 0.717) is 5.56 Å². The summed E-state index contributed by atoms with van der Waals surface area (Å²) >= 11 is 0. The third-order valence-electron chi connectivity index (χ3n) is 3.51. The third kappa shape index (κ3) is 2.78. The van der Waals surface area contributed by atoms with Gasteiger partial charge in [-0.05, 0) is 37.5 Å². The van der Waals surface area contributed by atoms with Gasteiger partial charge in [0.15, 0.2) is 5.78 Å². The van der Waals surface area contributed by atoms with Crippen LogP contribution < -0.4 is 0 Å². The minimum atomic E-state index is -0.949. The quantitative estimate of drug-likeness (QED) is 0.832. The van der Waals surface area contributed by atoms with Gasteiger partial charge in [-0.25, -0.2) is 0 Å². The molecule has 0 unspecified atom stereocenters. The monoisotopic (exact) mass is 248 g/mol. The van der Waals surface area contributed by atoms with Gasteiger partial charge in [0.25, 0.3) is 0 Å². The molecule has 98 valence electrons. The Bertz CT molecular complexity index is 499. The van der Waals surface area contributed by atoms with E-state index in [1.807, 2.05) is 26.8 Å². The zero-order valence-corrected chi connectivity index (χ0v) is 11.6. The van der Waals surface area contributed by atoms with Crippen molar-refractivity contribution in [2.24, 2.45) is 5.41 Å². The maximum atomic E-state index is 12.4. The molecule has 0 heterocycles. The Morgan fingerprint density at radius 3 is 2.17 bits per heavy atom. The molecule has 0 atom stereocenters. The van der Waals surface area contributed by atoms with E-state index in [9.17, 15) is 9.59 Å². The fourth-order valence-corrected chi connectivity index (χ4v) is 2.02. The van der Waals surface area contributed by atoms with Crippen LogP contribution in [0.15, 0.2) is 12.1 Å². The maximum absolute atomic E-state index is 12.4. The molecule has 0 bridgehead atoms. The van der Waals surface area contributed by atoms with Crippen molar-refractivity contribution in [3.05, 3.63) is 34.4 Å². The van der Waals surface area contributed by atoms with E-state index in [2.05, 4.69) is 0 Å². The number of benzene rings is 1. The lowest BCUT2D eigenvalue weighted by molar-refractivity contribution is -0.138. The number of hydrogen-bond donors (Lipinski definition) is 1. The first kappa shape index (κ1) is 14.4. The Balaban J connectivity index is 3.19. The van der Waals surface area contributed by atoms with E-state index >= 15 is 0 Å². The van der Waals surface area contributed by atoms with Gasteiger partial charge in [-0.1, -0.05) is 26.0 Å². The van der Waals surface area contributed by atoms with E-state index in [1.54, 1.807) is 19.9 Å². The molecule has 0 aliphatic rings. The molecule has 1 aromatic rings. The van der Waals surface area contributed by atoms with Crippen molar-refractivity contribution in [2.45, 2.75) is 41.0 Å². The molecular formula is C15H20O3. The van der Waals surface area contributed by atoms with Crippen molar-refractivity contribution >= 4 is 11.8 Å². The van der Waals surface area contributed by atoms with Crippen LogP contribution in [0.1, 0.15) is 47.3 Å². The predicted molar refractivity (Wildman–Crippen MR) is 71.0 cm³/mol. The summed E-state index contributed by atoms with van der Waals surface area (Å²) in [5, 5.41) is 8.86. The van der Waals surface area contributed by atoms with Crippen LogP contribution in [-0.4, -0.2) is 16.9 Å². The molecule has 1 N–H and O–H groups in total. The van der Waals surface area contributed by atoms with Gasteiger partial charge in [0.1, 0.15) is 0 Å². The smallest absolute Gasteiger partial charge is 0.304 e. The Morgan fingerprint density at radius 2 is 1.67 bits per heavy atom. The first-order valence-electron chi connectivity index (χ1n) is 6.00. The Labute approximate surface area is 108 Å². The van der Waals surface area contributed by atoms with Crippen LogP contribution in [-0.2, 0) is 4.79 Å². The molecule has 3 nitrogen and oxygen atoms in total. The number of hydrogen-bond acceptors (Lipinski definition) is 2. The van der Waals surface area contributed by atoms with Gasteiger partial charge in [0.05, 0.1) is 6.42 Å². The average Bonchev–Trinajstić information content (AvgIpc) is 2.23. The number of Topliss-reactive ketones (excluding diaryl/α,β-unsaturated/α-hetero) is 1. The van der Waals surface area contributed by atoms with Gasteiger partial charge in [0, 0.05) is 11.0 Å². The lowest BCUT2D eigenvalue weighted by Gasteiger charge is -2.22. The van der Waals surface area contributed by atoms with Crippen LogP contribution in [0.3, 0.4) is 0 Å². The highest BCUT2D eigenvalue weighted by molar-refractivity contribution is 6.03. The Hall–Kier alpha value is -1.64. The van der Waals surface area contributed by atoms with Crippen molar-refractivity contribution in [3.63, 3.8) is 0 Å². The van der Waals surface area contributed by atoms with Crippen LogP contribution in [0.4, 0.5) is 0 Å². The molecule has 18 heavy (non-hydrogen) atoms. The summed E-state index contributed by atoms with van der Waals surface area (Å²) in [7, 11) is 0. The van der Waals surface area contributed by atoms with Gasteiger partial charge in [-0.3, -0.25) is 9.59 Å². The van der Waals surface area contributed by atoms with Crippen molar-refractivity contribution in [1.82, 2.24) is 0 Å². The first-order valence-corrected chi connectivity index (χ1v) is 6.00. The van der Waals surface area contributed by atoms with Crippen LogP contribution in [0.2, 0.25) is 0 Å². The minimum Gasteiger partial charge on any atom is -0.481 e. The number of carboxylic acid groups (broad SMARTS) is 1. The van der Waals surface area contributed by atoms with Crippen LogP contribution in [0, 0.1) is 26.2 Å². The lowest BCUT2D eigenvalue weighted by atomic mass is 9.79. The van der Waals surface area contributed by atoms with Crippen molar-refractivity contribution in [2.75, 3.05) is 0 Å². The highest BCUT2D eigenvalue weighted by atomic mass is 16.4. The summed E-state index contributed by atoms with van der Waals surface area (Å²) in [6.07, 6.45) is -0.155. The van der Waals surface area contributed by atoms with Crippen molar-refractivity contribution in [1.29, 1.82) is 0 Å². The summed E-state index contributed by atoms with van der Waals surface area (Å²) < 4.78 is 0. The summed E-state index contributed by atoms with van der Waals surface area (Å²) in [5.74, 6) is -1.06. The standard InChI is InChI=1S/C15H20O3/c1-9-6-7-12(11(3)10(9)2)14(18)15(4,5)8-13(16)17/h6-7H,8H2,1-5H3,(H,16,17). The fourth-order valence-electron chi connectivity index (χ4n) is 2.02. The molecule has 0 radical (unpaired) electrons. The van der Waals surface area contributed by atoms with Crippen LogP contribution >= 0.6 is 0 Å². The molecule has 0 aromatic heterocycles. The molecule has 1 rings (SSSR count). The maximum Gasteiger partial charge on any atom is 0.304 e. The van der Waals surface area contributed by atoms with Crippen molar-refractivity contribution < 1.29 is 14.7 Å². The van der Waals surface area contributed by atoms with Gasteiger partial charge < -0.3 is 5.11 Å². The number of aryl methyl sites for hydroxylation is 1. The molecule has 0 aliphatic carbocycles. The highest BCUT2D eigenvalue weighted by Gasteiger charge is 2.32. The third-order valence-corrected chi connectivity index (χ3v) is 3.51. The number of ketones is 1. The van der Waals surface area contributed by atoms with Gasteiger partial charge in [0.2, 0.25) is 0 Å². The minimum absolute atomic E-state index is 0.106. The van der Waals surface area contributed by atoms with E-state index in [4.69, 9.17) is 5.11 Å². The summed E-state index contributed by atoms with van der Waals surface area (Å²) in [6.45, 7) is 9.24. The largest absolute Gasteiger partial charge is 0.481 e. The van der Waals surface area contributed by atoms with Gasteiger partial charge >= 0.3 is 5.97 Å². The molecular weight excluding hydrogens is 228 g/mol. The predicted octanol–water partition coefficient (Wildman–Crippen LogP) is 3.30. The van der Waals surface area contributed by atoms with Crippen LogP contribution in [0.25, 0.3) is 0 Å².